The number of carbonyl (C=O) groups is 2. The fourth-order valence-electron chi connectivity index (χ4n) is 3.55. The molecule has 2 aromatic rings. The van der Waals surface area contributed by atoms with E-state index >= 15 is 0 Å². The maximum Gasteiger partial charge on any atom is 0.331 e. The molecule has 30 heavy (non-hydrogen) atoms. The number of ether oxygens (including phenoxy) is 3. The SMILES string of the molecule is CCOc1ccc(/C=C/C(=O)OCC(=O)NC2CCCc3ccccc32)cc1OC. The summed E-state index contributed by atoms with van der Waals surface area (Å²) < 4.78 is 15.8. The Labute approximate surface area is 176 Å². The average molecular weight is 409 g/mol. The van der Waals surface area contributed by atoms with Crippen molar-refractivity contribution in [2.45, 2.75) is 32.2 Å². The molecule has 6 heteroatoms. The standard InChI is InChI=1S/C24H27NO5/c1-3-29-21-13-11-17(15-22(21)28-2)12-14-24(27)30-16-23(26)25-20-10-6-8-18-7-4-5-9-19(18)20/h4-5,7,9,11-15,20H,3,6,8,10,16H2,1-2H3,(H,25,26)/b14-12+. The summed E-state index contributed by atoms with van der Waals surface area (Å²) in [5.41, 5.74) is 3.17. The molecule has 0 aliphatic heterocycles. The molecule has 0 heterocycles. The number of benzene rings is 2. The van der Waals surface area contributed by atoms with E-state index in [1.165, 1.54) is 11.6 Å². The number of methoxy groups -OCH3 is 1. The van der Waals surface area contributed by atoms with E-state index in [0.29, 0.717) is 18.1 Å². The molecule has 0 bridgehead atoms. The molecule has 0 saturated carbocycles. The van der Waals surface area contributed by atoms with Crippen molar-refractivity contribution in [2.75, 3.05) is 20.3 Å². The minimum absolute atomic E-state index is 0.0342. The molecule has 1 N–H and O–H groups in total. The van der Waals surface area contributed by atoms with Gasteiger partial charge in [-0.2, -0.15) is 0 Å². The normalized spacial score (nSPS) is 15.3. The first-order valence-corrected chi connectivity index (χ1v) is 10.1. The largest absolute Gasteiger partial charge is 0.493 e. The fourth-order valence-corrected chi connectivity index (χ4v) is 3.55. The van der Waals surface area contributed by atoms with E-state index in [0.717, 1.165) is 30.4 Å². The van der Waals surface area contributed by atoms with Crippen LogP contribution < -0.4 is 14.8 Å². The molecule has 1 atom stereocenters. The second kappa shape index (κ2) is 10.5. The lowest BCUT2D eigenvalue weighted by molar-refractivity contribution is -0.144. The highest BCUT2D eigenvalue weighted by molar-refractivity contribution is 5.89. The first-order chi connectivity index (χ1) is 14.6. The molecule has 0 aromatic heterocycles. The molecule has 6 nitrogen and oxygen atoms in total. The highest BCUT2D eigenvalue weighted by atomic mass is 16.5. The number of hydrogen-bond donors (Lipinski definition) is 1. The van der Waals surface area contributed by atoms with Gasteiger partial charge in [0.15, 0.2) is 18.1 Å². The van der Waals surface area contributed by atoms with Crippen molar-refractivity contribution in [1.29, 1.82) is 0 Å². The van der Waals surface area contributed by atoms with Crippen molar-refractivity contribution in [3.63, 3.8) is 0 Å². The van der Waals surface area contributed by atoms with Gasteiger partial charge in [-0.05, 0) is 61.1 Å². The molecule has 0 radical (unpaired) electrons. The van der Waals surface area contributed by atoms with E-state index in [4.69, 9.17) is 14.2 Å². The molecule has 3 rings (SSSR count). The second-order valence-electron chi connectivity index (χ2n) is 7.00. The summed E-state index contributed by atoms with van der Waals surface area (Å²) in [5.74, 6) is 0.337. The number of fused-ring (bicyclic) bond motifs is 1. The number of esters is 1. The van der Waals surface area contributed by atoms with E-state index in [1.807, 2.05) is 31.2 Å². The first-order valence-electron chi connectivity index (χ1n) is 10.1. The number of hydrogen-bond acceptors (Lipinski definition) is 5. The fraction of sp³-hybridized carbons (Fsp3) is 0.333. The predicted molar refractivity (Wildman–Crippen MR) is 114 cm³/mol. The van der Waals surface area contributed by atoms with Crippen LogP contribution in [0.15, 0.2) is 48.5 Å². The topological polar surface area (TPSA) is 73.9 Å². The van der Waals surface area contributed by atoms with Crippen LogP contribution in [0.4, 0.5) is 0 Å². The zero-order valence-electron chi connectivity index (χ0n) is 17.4. The van der Waals surface area contributed by atoms with Gasteiger partial charge in [-0.15, -0.1) is 0 Å². The van der Waals surface area contributed by atoms with E-state index in [2.05, 4.69) is 11.4 Å². The van der Waals surface area contributed by atoms with Crippen LogP contribution in [0, 0.1) is 0 Å². The number of rotatable bonds is 8. The van der Waals surface area contributed by atoms with E-state index in [9.17, 15) is 9.59 Å². The van der Waals surface area contributed by atoms with Crippen LogP contribution >= 0.6 is 0 Å². The van der Waals surface area contributed by atoms with Gasteiger partial charge in [0, 0.05) is 6.08 Å². The molecule has 1 amide bonds. The Balaban J connectivity index is 1.50. The Kier molecular flexibility index (Phi) is 7.49. The van der Waals surface area contributed by atoms with E-state index in [1.54, 1.807) is 25.3 Å². The maximum absolute atomic E-state index is 12.2. The van der Waals surface area contributed by atoms with E-state index < -0.39 is 5.97 Å². The number of amides is 1. The summed E-state index contributed by atoms with van der Waals surface area (Å²) in [4.78, 5) is 24.2. The highest BCUT2D eigenvalue weighted by Crippen LogP contribution is 2.29. The molecule has 1 aliphatic carbocycles. The van der Waals surface area contributed by atoms with Gasteiger partial charge in [0.2, 0.25) is 0 Å². The van der Waals surface area contributed by atoms with E-state index in [-0.39, 0.29) is 18.6 Å². The van der Waals surface area contributed by atoms with Gasteiger partial charge in [-0.3, -0.25) is 4.79 Å². The molecule has 0 fully saturated rings. The van der Waals surface area contributed by atoms with Crippen LogP contribution in [-0.4, -0.2) is 32.2 Å². The average Bonchev–Trinajstić information content (AvgIpc) is 2.77. The third-order valence-electron chi connectivity index (χ3n) is 4.95. The number of aryl methyl sites for hydroxylation is 1. The summed E-state index contributed by atoms with van der Waals surface area (Å²) in [6.07, 6.45) is 5.83. The van der Waals surface area contributed by atoms with Crippen molar-refractivity contribution in [3.05, 3.63) is 65.2 Å². The van der Waals surface area contributed by atoms with Crippen LogP contribution in [-0.2, 0) is 20.7 Å². The van der Waals surface area contributed by atoms with Gasteiger partial charge in [-0.1, -0.05) is 30.3 Å². The van der Waals surface area contributed by atoms with Crippen LogP contribution in [0.3, 0.4) is 0 Å². The first kappa shape index (κ1) is 21.4. The minimum Gasteiger partial charge on any atom is -0.493 e. The smallest absolute Gasteiger partial charge is 0.331 e. The maximum atomic E-state index is 12.2. The number of nitrogens with one attached hydrogen (secondary N) is 1. The Bertz CT molecular complexity index is 922. The monoisotopic (exact) mass is 409 g/mol. The van der Waals surface area contributed by atoms with Crippen LogP contribution in [0.25, 0.3) is 6.08 Å². The molecular formula is C24H27NO5. The molecule has 1 unspecified atom stereocenters. The van der Waals surface area contributed by atoms with Crippen molar-refractivity contribution in [3.8, 4) is 11.5 Å². The zero-order valence-corrected chi connectivity index (χ0v) is 17.4. The van der Waals surface area contributed by atoms with Gasteiger partial charge in [0.1, 0.15) is 0 Å². The van der Waals surface area contributed by atoms with Crippen molar-refractivity contribution >= 4 is 18.0 Å². The van der Waals surface area contributed by atoms with Gasteiger partial charge in [0.25, 0.3) is 5.91 Å². The molecule has 0 saturated heterocycles. The lowest BCUT2D eigenvalue weighted by Gasteiger charge is -2.26. The predicted octanol–water partition coefficient (Wildman–Crippen LogP) is 3.84. The third-order valence-corrected chi connectivity index (χ3v) is 4.95. The number of carbonyl (C=O) groups excluding carboxylic acids is 2. The zero-order chi connectivity index (χ0) is 21.3. The van der Waals surface area contributed by atoms with Crippen LogP contribution in [0.2, 0.25) is 0 Å². The molecule has 158 valence electrons. The van der Waals surface area contributed by atoms with Crippen LogP contribution in [0.1, 0.15) is 42.5 Å². The van der Waals surface area contributed by atoms with Gasteiger partial charge in [0.05, 0.1) is 19.8 Å². The molecular weight excluding hydrogens is 382 g/mol. The van der Waals surface area contributed by atoms with Gasteiger partial charge >= 0.3 is 5.97 Å². The van der Waals surface area contributed by atoms with Gasteiger partial charge < -0.3 is 19.5 Å². The Morgan fingerprint density at radius 3 is 2.80 bits per heavy atom. The summed E-state index contributed by atoms with van der Waals surface area (Å²) in [6.45, 7) is 2.12. The molecule has 2 aromatic carbocycles. The third kappa shape index (κ3) is 5.63. The Hall–Kier alpha value is -3.28. The van der Waals surface area contributed by atoms with Crippen LogP contribution in [0.5, 0.6) is 11.5 Å². The summed E-state index contributed by atoms with van der Waals surface area (Å²) in [6, 6.07) is 13.4. The minimum atomic E-state index is -0.581. The lowest BCUT2D eigenvalue weighted by Crippen LogP contribution is -2.34. The van der Waals surface area contributed by atoms with Crippen molar-refractivity contribution in [2.24, 2.45) is 0 Å². The quantitative estimate of drug-likeness (QED) is 0.530. The second-order valence-corrected chi connectivity index (χ2v) is 7.00. The Morgan fingerprint density at radius 1 is 1.17 bits per heavy atom. The summed E-state index contributed by atoms with van der Waals surface area (Å²) in [7, 11) is 1.56. The van der Waals surface area contributed by atoms with Crippen molar-refractivity contribution in [1.82, 2.24) is 5.32 Å². The summed E-state index contributed by atoms with van der Waals surface area (Å²) >= 11 is 0. The summed E-state index contributed by atoms with van der Waals surface area (Å²) in [5, 5.41) is 2.97. The Morgan fingerprint density at radius 2 is 2.00 bits per heavy atom. The van der Waals surface area contributed by atoms with Crippen molar-refractivity contribution < 1.29 is 23.8 Å². The molecule has 0 spiro atoms. The molecule has 1 aliphatic rings. The lowest BCUT2D eigenvalue weighted by atomic mass is 9.88. The van der Waals surface area contributed by atoms with Gasteiger partial charge in [-0.25, -0.2) is 4.79 Å². The highest BCUT2D eigenvalue weighted by Gasteiger charge is 2.21.